The van der Waals surface area contributed by atoms with Crippen molar-refractivity contribution in [1.29, 1.82) is 0 Å². The van der Waals surface area contributed by atoms with E-state index in [0.29, 0.717) is 0 Å². The van der Waals surface area contributed by atoms with E-state index in [1.165, 1.54) is 109 Å². The van der Waals surface area contributed by atoms with Crippen LogP contribution in [-0.4, -0.2) is 4.57 Å². The van der Waals surface area contributed by atoms with Crippen molar-refractivity contribution in [2.24, 2.45) is 0 Å². The topological polar surface area (TPSA) is 4.93 Å². The lowest BCUT2D eigenvalue weighted by Gasteiger charge is -2.28. The molecule has 0 aliphatic heterocycles. The molecule has 55 heavy (non-hydrogen) atoms. The highest BCUT2D eigenvalue weighted by Crippen LogP contribution is 2.45. The fraction of sp³-hybridized carbons (Fsp3) is 0.0943. The molecule has 0 amide bonds. The number of thiophene rings is 1. The van der Waals surface area contributed by atoms with Gasteiger partial charge < -0.3 is 4.57 Å². The molecule has 8 aromatic carbocycles. The Morgan fingerprint density at radius 1 is 0.473 bits per heavy atom. The Hall–Kier alpha value is -6.22. The number of aryl methyl sites for hydroxylation is 1. The fourth-order valence-corrected chi connectivity index (χ4v) is 10.8. The first kappa shape index (κ1) is 32.2. The third-order valence-corrected chi connectivity index (χ3v) is 13.7. The van der Waals surface area contributed by atoms with Gasteiger partial charge in [0.15, 0.2) is 0 Å². The molecule has 0 bridgehead atoms. The highest BCUT2D eigenvalue weighted by Gasteiger charge is 2.27. The lowest BCUT2D eigenvalue weighted by molar-refractivity contribution is 0.637. The second-order valence-electron chi connectivity index (χ2n) is 15.7. The standard InChI is InChI=1S/C53H39NS/c1-33-48(53(2,3)39-13-5-4-6-14-39)28-27-45-44-18-11-17-42(52(44)55-51(33)45)34-22-25-40(26-23-34)54-49-19-10-9-16-43(49)47-32-36(24-29-50(47)54)35-20-21-38-30-37-12-7-8-15-41(37)46(38)31-35/h4-29,31-32H,30H2,1-3H3. The molecule has 0 saturated carbocycles. The molecular formula is C53H39NS. The summed E-state index contributed by atoms with van der Waals surface area (Å²) in [5, 5.41) is 5.23. The Kier molecular flexibility index (Phi) is 7.12. The Bertz CT molecular complexity index is 3140. The molecule has 0 radical (unpaired) electrons. The quantitative estimate of drug-likeness (QED) is 0.167. The van der Waals surface area contributed by atoms with E-state index in [2.05, 4.69) is 195 Å². The van der Waals surface area contributed by atoms with Crippen molar-refractivity contribution >= 4 is 53.3 Å². The predicted molar refractivity (Wildman–Crippen MR) is 236 cm³/mol. The summed E-state index contributed by atoms with van der Waals surface area (Å²) in [6.45, 7) is 7.01. The van der Waals surface area contributed by atoms with Crippen LogP contribution in [0, 0.1) is 6.92 Å². The molecule has 0 atom stereocenters. The van der Waals surface area contributed by atoms with Crippen LogP contribution in [0.15, 0.2) is 170 Å². The Morgan fingerprint density at radius 2 is 1.13 bits per heavy atom. The molecule has 2 heteroatoms. The smallest absolute Gasteiger partial charge is 0.0541 e. The largest absolute Gasteiger partial charge is 0.309 e. The number of rotatable bonds is 5. The number of fused-ring (bicyclic) bond motifs is 9. The van der Waals surface area contributed by atoms with Crippen molar-refractivity contribution in [3.63, 3.8) is 0 Å². The van der Waals surface area contributed by atoms with Gasteiger partial charge in [0, 0.05) is 42.0 Å². The van der Waals surface area contributed by atoms with Crippen LogP contribution < -0.4 is 0 Å². The summed E-state index contributed by atoms with van der Waals surface area (Å²) in [4.78, 5) is 0. The van der Waals surface area contributed by atoms with E-state index >= 15 is 0 Å². The molecule has 0 fully saturated rings. The first-order valence-electron chi connectivity index (χ1n) is 19.3. The molecule has 1 nitrogen and oxygen atoms in total. The molecule has 1 aliphatic rings. The molecule has 11 rings (SSSR count). The SMILES string of the molecule is Cc1c(C(C)(C)c2ccccc2)ccc2c1sc1c(-c3ccc(-n4c5ccccc5c5cc(-c6ccc7c(c6)-c6ccccc6C7)ccc54)cc3)cccc12. The number of hydrogen-bond donors (Lipinski definition) is 0. The van der Waals surface area contributed by atoms with Crippen molar-refractivity contribution in [3.8, 4) is 39.1 Å². The summed E-state index contributed by atoms with van der Waals surface area (Å²) in [7, 11) is 0. The summed E-state index contributed by atoms with van der Waals surface area (Å²) in [6, 6.07) is 63.3. The van der Waals surface area contributed by atoms with E-state index < -0.39 is 0 Å². The number of nitrogens with zero attached hydrogens (tertiary/aromatic N) is 1. The minimum absolute atomic E-state index is 0.0861. The Balaban J connectivity index is 0.985. The second-order valence-corrected chi connectivity index (χ2v) is 16.7. The molecule has 10 aromatic rings. The third-order valence-electron chi connectivity index (χ3n) is 12.3. The third kappa shape index (κ3) is 4.91. The molecule has 0 saturated heterocycles. The predicted octanol–water partition coefficient (Wildman–Crippen LogP) is 14.7. The summed E-state index contributed by atoms with van der Waals surface area (Å²) < 4.78 is 5.16. The maximum Gasteiger partial charge on any atom is 0.0541 e. The molecular weight excluding hydrogens is 683 g/mol. The van der Waals surface area contributed by atoms with Crippen LogP contribution in [0.25, 0.3) is 81.0 Å². The molecule has 2 aromatic heterocycles. The number of benzene rings is 8. The van der Waals surface area contributed by atoms with Gasteiger partial charge in [-0.15, -0.1) is 11.3 Å². The Labute approximate surface area is 325 Å². The second kappa shape index (κ2) is 12.1. The van der Waals surface area contributed by atoms with E-state index in [0.717, 1.165) is 6.42 Å². The molecule has 0 unspecified atom stereocenters. The molecule has 262 valence electrons. The Morgan fingerprint density at radius 3 is 2.00 bits per heavy atom. The maximum absolute atomic E-state index is 2.43. The van der Waals surface area contributed by atoms with Crippen LogP contribution >= 0.6 is 11.3 Å². The first-order valence-corrected chi connectivity index (χ1v) is 20.1. The van der Waals surface area contributed by atoms with E-state index in [9.17, 15) is 0 Å². The minimum Gasteiger partial charge on any atom is -0.309 e. The molecule has 1 aliphatic carbocycles. The van der Waals surface area contributed by atoms with Gasteiger partial charge in [-0.05, 0) is 111 Å². The van der Waals surface area contributed by atoms with Crippen LogP contribution in [-0.2, 0) is 11.8 Å². The van der Waals surface area contributed by atoms with Crippen LogP contribution in [0.4, 0.5) is 0 Å². The van der Waals surface area contributed by atoms with Gasteiger partial charge in [-0.3, -0.25) is 0 Å². The van der Waals surface area contributed by atoms with Gasteiger partial charge in [0.1, 0.15) is 0 Å². The summed E-state index contributed by atoms with van der Waals surface area (Å²) in [5.74, 6) is 0. The number of para-hydroxylation sites is 1. The van der Waals surface area contributed by atoms with E-state index in [-0.39, 0.29) is 5.41 Å². The number of aromatic nitrogens is 1. The zero-order valence-electron chi connectivity index (χ0n) is 31.2. The van der Waals surface area contributed by atoms with Gasteiger partial charge in [-0.2, -0.15) is 0 Å². The normalized spacial score (nSPS) is 12.6. The van der Waals surface area contributed by atoms with Crippen molar-refractivity contribution < 1.29 is 0 Å². The molecule has 0 spiro atoms. The average Bonchev–Trinajstić information content (AvgIpc) is 3.91. The van der Waals surface area contributed by atoms with Gasteiger partial charge >= 0.3 is 0 Å². The van der Waals surface area contributed by atoms with Gasteiger partial charge in [0.25, 0.3) is 0 Å². The van der Waals surface area contributed by atoms with Gasteiger partial charge in [0.2, 0.25) is 0 Å². The highest BCUT2D eigenvalue weighted by molar-refractivity contribution is 7.26. The molecule has 2 heterocycles. The van der Waals surface area contributed by atoms with Gasteiger partial charge in [-0.1, -0.05) is 147 Å². The van der Waals surface area contributed by atoms with E-state index in [1.54, 1.807) is 0 Å². The molecule has 0 N–H and O–H groups in total. The summed E-state index contributed by atoms with van der Waals surface area (Å²) in [6.07, 6.45) is 1.02. The fourth-order valence-electron chi connectivity index (χ4n) is 9.44. The lowest BCUT2D eigenvalue weighted by atomic mass is 9.76. The van der Waals surface area contributed by atoms with Crippen molar-refractivity contribution in [3.05, 3.63) is 198 Å². The lowest BCUT2D eigenvalue weighted by Crippen LogP contribution is -2.20. The van der Waals surface area contributed by atoms with Crippen LogP contribution in [0.2, 0.25) is 0 Å². The number of hydrogen-bond acceptors (Lipinski definition) is 1. The van der Waals surface area contributed by atoms with Crippen molar-refractivity contribution in [1.82, 2.24) is 4.57 Å². The zero-order chi connectivity index (χ0) is 36.8. The summed E-state index contributed by atoms with van der Waals surface area (Å²) >= 11 is 1.94. The van der Waals surface area contributed by atoms with Crippen molar-refractivity contribution in [2.75, 3.05) is 0 Å². The average molecular weight is 722 g/mol. The van der Waals surface area contributed by atoms with Crippen LogP contribution in [0.5, 0.6) is 0 Å². The van der Waals surface area contributed by atoms with E-state index in [4.69, 9.17) is 0 Å². The highest BCUT2D eigenvalue weighted by atomic mass is 32.1. The monoisotopic (exact) mass is 721 g/mol. The van der Waals surface area contributed by atoms with Gasteiger partial charge in [0.05, 0.1) is 11.0 Å². The van der Waals surface area contributed by atoms with Crippen molar-refractivity contribution in [2.45, 2.75) is 32.6 Å². The van der Waals surface area contributed by atoms with Crippen LogP contribution in [0.1, 0.15) is 41.7 Å². The zero-order valence-corrected chi connectivity index (χ0v) is 32.0. The minimum atomic E-state index is -0.0861. The first-order chi connectivity index (χ1) is 26.9. The summed E-state index contributed by atoms with van der Waals surface area (Å²) in [5.41, 5.74) is 18.3. The van der Waals surface area contributed by atoms with Crippen LogP contribution in [0.3, 0.4) is 0 Å². The van der Waals surface area contributed by atoms with E-state index in [1.807, 2.05) is 11.3 Å². The maximum atomic E-state index is 2.43. The van der Waals surface area contributed by atoms with Gasteiger partial charge in [-0.25, -0.2) is 0 Å².